The van der Waals surface area contributed by atoms with Gasteiger partial charge in [-0.1, -0.05) is 56.9 Å². The van der Waals surface area contributed by atoms with Crippen LogP contribution in [0, 0.1) is 17.8 Å². The zero-order valence-corrected chi connectivity index (χ0v) is 16.5. The lowest BCUT2D eigenvalue weighted by Gasteiger charge is -2.27. The zero-order chi connectivity index (χ0) is 19.3. The van der Waals surface area contributed by atoms with Gasteiger partial charge >= 0.3 is 6.18 Å². The van der Waals surface area contributed by atoms with Crippen molar-refractivity contribution in [1.29, 1.82) is 0 Å². The second-order valence-electron chi connectivity index (χ2n) is 8.86. The molecule has 2 saturated carbocycles. The number of hydrogen-bond acceptors (Lipinski definition) is 0. The Bertz CT molecular complexity index is 583. The van der Waals surface area contributed by atoms with E-state index in [1.54, 1.807) is 12.1 Å². The fourth-order valence-corrected chi connectivity index (χ4v) is 4.83. The summed E-state index contributed by atoms with van der Waals surface area (Å²) in [5.41, 5.74) is 0.521. The van der Waals surface area contributed by atoms with E-state index < -0.39 is 11.7 Å². The SMILES string of the molecule is CC1CCC(CC/C=C/C2CCC(c3ccc(C(F)(F)F)cc3)CC2)CC1. The van der Waals surface area contributed by atoms with Gasteiger partial charge in [0.1, 0.15) is 0 Å². The van der Waals surface area contributed by atoms with Crippen LogP contribution in [0.15, 0.2) is 36.4 Å². The maximum atomic E-state index is 12.7. The van der Waals surface area contributed by atoms with Crippen molar-refractivity contribution in [1.82, 2.24) is 0 Å². The molecule has 3 rings (SSSR count). The smallest absolute Gasteiger partial charge is 0.166 e. The summed E-state index contributed by atoms with van der Waals surface area (Å²) in [7, 11) is 0. The molecular weight excluding hydrogens is 345 g/mol. The normalized spacial score (nSPS) is 29.9. The predicted molar refractivity (Wildman–Crippen MR) is 106 cm³/mol. The fourth-order valence-electron chi connectivity index (χ4n) is 4.83. The van der Waals surface area contributed by atoms with E-state index in [2.05, 4.69) is 19.1 Å². The number of halogens is 3. The minimum absolute atomic E-state index is 0.418. The van der Waals surface area contributed by atoms with E-state index in [0.717, 1.165) is 43.1 Å². The summed E-state index contributed by atoms with van der Waals surface area (Å²) in [4.78, 5) is 0. The lowest BCUT2D eigenvalue weighted by Crippen LogP contribution is -2.13. The predicted octanol–water partition coefficient (Wildman–Crippen LogP) is 8.14. The number of benzene rings is 1. The van der Waals surface area contributed by atoms with E-state index in [-0.39, 0.29) is 0 Å². The van der Waals surface area contributed by atoms with Crippen LogP contribution in [0.25, 0.3) is 0 Å². The quantitative estimate of drug-likeness (QED) is 0.454. The first-order chi connectivity index (χ1) is 12.9. The van der Waals surface area contributed by atoms with Gasteiger partial charge in [-0.25, -0.2) is 0 Å². The fraction of sp³-hybridized carbons (Fsp3) is 0.667. The maximum Gasteiger partial charge on any atom is 0.416 e. The Balaban J connectivity index is 1.38. The van der Waals surface area contributed by atoms with Crippen molar-refractivity contribution in [2.45, 2.75) is 83.2 Å². The Labute approximate surface area is 162 Å². The van der Waals surface area contributed by atoms with Gasteiger partial charge in [-0.3, -0.25) is 0 Å². The maximum absolute atomic E-state index is 12.7. The summed E-state index contributed by atoms with van der Waals surface area (Å²) in [5.74, 6) is 2.93. The summed E-state index contributed by atoms with van der Waals surface area (Å²) >= 11 is 0. The summed E-state index contributed by atoms with van der Waals surface area (Å²) in [5, 5.41) is 0. The molecular formula is C24H33F3. The highest BCUT2D eigenvalue weighted by molar-refractivity contribution is 5.27. The van der Waals surface area contributed by atoms with E-state index in [1.165, 1.54) is 50.7 Å². The molecule has 0 amide bonds. The van der Waals surface area contributed by atoms with Crippen molar-refractivity contribution in [3.05, 3.63) is 47.5 Å². The van der Waals surface area contributed by atoms with Gasteiger partial charge in [0.2, 0.25) is 0 Å². The van der Waals surface area contributed by atoms with Crippen molar-refractivity contribution < 1.29 is 13.2 Å². The Kier molecular flexibility index (Phi) is 7.05. The van der Waals surface area contributed by atoms with E-state index in [4.69, 9.17) is 0 Å². The average molecular weight is 379 g/mol. The van der Waals surface area contributed by atoms with Crippen molar-refractivity contribution >= 4 is 0 Å². The molecule has 0 bridgehead atoms. The van der Waals surface area contributed by atoms with Crippen LogP contribution >= 0.6 is 0 Å². The highest BCUT2D eigenvalue weighted by Gasteiger charge is 2.30. The summed E-state index contributed by atoms with van der Waals surface area (Å²) in [6.45, 7) is 2.37. The van der Waals surface area contributed by atoms with Gasteiger partial charge < -0.3 is 0 Å². The molecule has 0 N–H and O–H groups in total. The number of alkyl halides is 3. The molecule has 2 fully saturated rings. The summed E-state index contributed by atoms with van der Waals surface area (Å²) in [6, 6.07) is 5.81. The van der Waals surface area contributed by atoms with Crippen LogP contribution in [0.4, 0.5) is 13.2 Å². The Morgan fingerprint density at radius 3 is 2.11 bits per heavy atom. The van der Waals surface area contributed by atoms with Crippen molar-refractivity contribution in [2.24, 2.45) is 17.8 Å². The third-order valence-electron chi connectivity index (χ3n) is 6.77. The number of allylic oxidation sites excluding steroid dienone is 2. The first-order valence-electron chi connectivity index (χ1n) is 10.8. The van der Waals surface area contributed by atoms with E-state index in [0.29, 0.717) is 11.8 Å². The molecule has 2 aliphatic carbocycles. The van der Waals surface area contributed by atoms with Gasteiger partial charge in [-0.05, 0) is 79.9 Å². The number of rotatable bonds is 5. The molecule has 1 aromatic rings. The lowest BCUT2D eigenvalue weighted by atomic mass is 9.78. The molecule has 3 heteroatoms. The highest BCUT2D eigenvalue weighted by atomic mass is 19.4. The molecule has 0 unspecified atom stereocenters. The zero-order valence-electron chi connectivity index (χ0n) is 16.5. The van der Waals surface area contributed by atoms with Gasteiger partial charge in [-0.2, -0.15) is 13.2 Å². The minimum atomic E-state index is -4.24. The van der Waals surface area contributed by atoms with Gasteiger partial charge in [-0.15, -0.1) is 0 Å². The molecule has 0 saturated heterocycles. The highest BCUT2D eigenvalue weighted by Crippen LogP contribution is 2.38. The van der Waals surface area contributed by atoms with Crippen LogP contribution in [-0.2, 0) is 6.18 Å². The molecule has 0 atom stereocenters. The Morgan fingerprint density at radius 1 is 0.889 bits per heavy atom. The molecule has 0 nitrogen and oxygen atoms in total. The first-order valence-corrected chi connectivity index (χ1v) is 10.8. The summed E-state index contributed by atoms with van der Waals surface area (Å²) in [6.07, 6.45) is 13.2. The molecule has 0 spiro atoms. The molecule has 0 radical (unpaired) electrons. The van der Waals surface area contributed by atoms with Crippen LogP contribution in [0.3, 0.4) is 0 Å². The number of hydrogen-bond donors (Lipinski definition) is 0. The van der Waals surface area contributed by atoms with E-state index >= 15 is 0 Å². The molecule has 0 aromatic heterocycles. The van der Waals surface area contributed by atoms with Crippen molar-refractivity contribution in [3.8, 4) is 0 Å². The monoisotopic (exact) mass is 378 g/mol. The van der Waals surface area contributed by atoms with Crippen LogP contribution < -0.4 is 0 Å². The van der Waals surface area contributed by atoms with Crippen LogP contribution in [0.5, 0.6) is 0 Å². The van der Waals surface area contributed by atoms with Crippen LogP contribution in [0.1, 0.15) is 88.2 Å². The Hall–Kier alpha value is -1.25. The van der Waals surface area contributed by atoms with Gasteiger partial charge in [0, 0.05) is 0 Å². The molecule has 2 aliphatic rings. The van der Waals surface area contributed by atoms with Crippen LogP contribution in [0.2, 0.25) is 0 Å². The Morgan fingerprint density at radius 2 is 1.52 bits per heavy atom. The average Bonchev–Trinajstić information content (AvgIpc) is 2.67. The van der Waals surface area contributed by atoms with E-state index in [1.807, 2.05) is 0 Å². The lowest BCUT2D eigenvalue weighted by molar-refractivity contribution is -0.137. The van der Waals surface area contributed by atoms with Crippen molar-refractivity contribution in [3.63, 3.8) is 0 Å². The van der Waals surface area contributed by atoms with Crippen molar-refractivity contribution in [2.75, 3.05) is 0 Å². The first kappa shape index (κ1) is 20.5. The molecule has 27 heavy (non-hydrogen) atoms. The van der Waals surface area contributed by atoms with Gasteiger partial charge in [0.05, 0.1) is 5.56 Å². The van der Waals surface area contributed by atoms with Gasteiger partial charge in [0.15, 0.2) is 0 Å². The molecule has 0 heterocycles. The second kappa shape index (κ2) is 9.30. The minimum Gasteiger partial charge on any atom is -0.166 e. The standard InChI is InChI=1S/C24H33F3/c1-18-6-8-19(9-7-18)4-2-3-5-20-10-12-21(13-11-20)22-14-16-23(17-15-22)24(25,26)27/h3,5,14-21H,2,4,6-13H2,1H3/b5-3+. The molecule has 0 aliphatic heterocycles. The second-order valence-corrected chi connectivity index (χ2v) is 8.86. The summed E-state index contributed by atoms with van der Waals surface area (Å²) < 4.78 is 38.1. The molecule has 1 aromatic carbocycles. The van der Waals surface area contributed by atoms with E-state index in [9.17, 15) is 13.2 Å². The molecule has 150 valence electrons. The largest absolute Gasteiger partial charge is 0.416 e. The third-order valence-corrected chi connectivity index (χ3v) is 6.77. The van der Waals surface area contributed by atoms with Gasteiger partial charge in [0.25, 0.3) is 0 Å². The third kappa shape index (κ3) is 6.12. The topological polar surface area (TPSA) is 0 Å². The van der Waals surface area contributed by atoms with Crippen LogP contribution in [-0.4, -0.2) is 0 Å².